The van der Waals surface area contributed by atoms with E-state index >= 15 is 0 Å². The van der Waals surface area contributed by atoms with Crippen LogP contribution >= 0.6 is 0 Å². The van der Waals surface area contributed by atoms with Crippen molar-refractivity contribution < 1.29 is 5.21 Å². The van der Waals surface area contributed by atoms with Crippen LogP contribution in [0.5, 0.6) is 0 Å². The normalized spacial score (nSPS) is 28.9. The molecule has 13 heavy (non-hydrogen) atoms. The molecule has 3 nitrogen and oxygen atoms in total. The zero-order valence-corrected chi connectivity index (χ0v) is 8.10. The van der Waals surface area contributed by atoms with Gasteiger partial charge in [0.05, 0.1) is 0 Å². The third-order valence-corrected chi connectivity index (χ3v) is 2.60. The Bertz CT molecular complexity index is 221. The first-order valence-corrected chi connectivity index (χ1v) is 4.54. The Morgan fingerprint density at radius 1 is 1.69 bits per heavy atom. The fraction of sp³-hybridized carbons (Fsp3) is 0.600. The van der Waals surface area contributed by atoms with Gasteiger partial charge in [0.1, 0.15) is 0 Å². The van der Waals surface area contributed by atoms with Gasteiger partial charge in [0.15, 0.2) is 0 Å². The van der Waals surface area contributed by atoms with Crippen LogP contribution in [-0.2, 0) is 0 Å². The molecule has 0 bridgehead atoms. The molecule has 1 rings (SSSR count). The lowest BCUT2D eigenvalue weighted by Gasteiger charge is -2.36. The summed E-state index contributed by atoms with van der Waals surface area (Å²) >= 11 is 0. The quantitative estimate of drug-likeness (QED) is 0.667. The van der Waals surface area contributed by atoms with E-state index in [0.29, 0.717) is 23.8 Å². The van der Waals surface area contributed by atoms with Gasteiger partial charge in [-0.1, -0.05) is 32.6 Å². The summed E-state index contributed by atoms with van der Waals surface area (Å²) in [6.45, 7) is 7.93. The van der Waals surface area contributed by atoms with Crippen molar-refractivity contribution in [1.82, 2.24) is 5.23 Å². The van der Waals surface area contributed by atoms with Crippen molar-refractivity contribution in [3.05, 3.63) is 29.5 Å². The minimum atomic E-state index is -0.461. The highest BCUT2D eigenvalue weighted by Gasteiger charge is 2.23. The van der Waals surface area contributed by atoms with E-state index in [0.717, 1.165) is 0 Å². The van der Waals surface area contributed by atoms with E-state index in [9.17, 15) is 5.21 Å². The second-order valence-electron chi connectivity index (χ2n) is 3.90. The molecule has 2 atom stereocenters. The Balaban J connectivity index is 2.71. The highest BCUT2D eigenvalue weighted by molar-refractivity contribution is 5.25. The van der Waals surface area contributed by atoms with Gasteiger partial charge < -0.3 is 10.4 Å². The van der Waals surface area contributed by atoms with Crippen LogP contribution in [0.1, 0.15) is 20.3 Å². The second kappa shape index (κ2) is 4.05. The maximum atomic E-state index is 10.8. The van der Waals surface area contributed by atoms with Crippen LogP contribution in [0.3, 0.4) is 0 Å². The zero-order valence-electron chi connectivity index (χ0n) is 8.10. The largest absolute Gasteiger partial charge is 0.762 e. The van der Waals surface area contributed by atoms with Crippen molar-refractivity contribution in [2.24, 2.45) is 11.8 Å². The molecule has 0 saturated heterocycles. The van der Waals surface area contributed by atoms with E-state index in [1.165, 1.54) is 0 Å². The average molecular weight is 182 g/mol. The molecule has 0 unspecified atom stereocenters. The summed E-state index contributed by atoms with van der Waals surface area (Å²) in [5.41, 5.74) is 0.689. The molecule has 0 heterocycles. The smallest absolute Gasteiger partial charge is 0.0466 e. The highest BCUT2D eigenvalue weighted by Crippen LogP contribution is 2.28. The second-order valence-corrected chi connectivity index (χ2v) is 3.90. The van der Waals surface area contributed by atoms with Gasteiger partial charge in [0.25, 0.3) is 0 Å². The van der Waals surface area contributed by atoms with Crippen LogP contribution in [-0.4, -0.2) is 16.5 Å². The molecular formula is C10H16NO2-. The summed E-state index contributed by atoms with van der Waals surface area (Å²) in [4.78, 5) is 0. The van der Waals surface area contributed by atoms with E-state index in [-0.39, 0.29) is 5.23 Å². The third-order valence-electron chi connectivity index (χ3n) is 2.60. The predicted molar refractivity (Wildman–Crippen MR) is 52.0 cm³/mol. The topological polar surface area (TPSA) is 46.5 Å². The Morgan fingerprint density at radius 2 is 2.31 bits per heavy atom. The molecule has 3 heteroatoms. The summed E-state index contributed by atoms with van der Waals surface area (Å²) in [7, 11) is 0. The molecule has 0 aliphatic heterocycles. The van der Waals surface area contributed by atoms with Gasteiger partial charge in [-0.15, -0.1) is 0 Å². The van der Waals surface area contributed by atoms with Crippen molar-refractivity contribution >= 4 is 0 Å². The SMILES string of the molecule is C=C1C=C[C@@H](C(C)C)C[C@H]1N([O-])O. The molecule has 74 valence electrons. The van der Waals surface area contributed by atoms with Crippen LogP contribution in [0.15, 0.2) is 24.3 Å². The first kappa shape index (κ1) is 10.4. The van der Waals surface area contributed by atoms with Gasteiger partial charge in [0.2, 0.25) is 0 Å². The molecule has 0 radical (unpaired) electrons. The molecule has 1 N–H and O–H groups in total. The molecule has 1 aliphatic carbocycles. The van der Waals surface area contributed by atoms with Crippen LogP contribution in [0.2, 0.25) is 0 Å². The Kier molecular flexibility index (Phi) is 3.25. The Hall–Kier alpha value is -0.640. The molecule has 0 spiro atoms. The summed E-state index contributed by atoms with van der Waals surface area (Å²) in [5.74, 6) is 0.853. The minimum Gasteiger partial charge on any atom is -0.762 e. The van der Waals surface area contributed by atoms with E-state index in [2.05, 4.69) is 26.5 Å². The summed E-state index contributed by atoms with van der Waals surface area (Å²) in [5, 5.41) is 19.6. The van der Waals surface area contributed by atoms with Crippen LogP contribution < -0.4 is 0 Å². The number of hydroxylamine groups is 2. The molecular weight excluding hydrogens is 166 g/mol. The van der Waals surface area contributed by atoms with Gasteiger partial charge >= 0.3 is 0 Å². The summed E-state index contributed by atoms with van der Waals surface area (Å²) in [6.07, 6.45) is 4.56. The molecule has 0 aromatic rings. The molecule has 1 aliphatic rings. The van der Waals surface area contributed by atoms with E-state index in [1.807, 2.05) is 6.08 Å². The molecule has 0 fully saturated rings. The lowest BCUT2D eigenvalue weighted by Crippen LogP contribution is -2.33. The summed E-state index contributed by atoms with van der Waals surface area (Å²) < 4.78 is 0. The third kappa shape index (κ3) is 2.40. The predicted octanol–water partition coefficient (Wildman–Crippen LogP) is 2.33. The van der Waals surface area contributed by atoms with Crippen LogP contribution in [0, 0.1) is 17.0 Å². The van der Waals surface area contributed by atoms with Crippen molar-refractivity contribution in [3.63, 3.8) is 0 Å². The Morgan fingerprint density at radius 3 is 2.77 bits per heavy atom. The monoisotopic (exact) mass is 182 g/mol. The summed E-state index contributed by atoms with van der Waals surface area (Å²) in [6, 6.07) is -0.461. The fourth-order valence-corrected chi connectivity index (χ4v) is 1.57. The number of hydrogen-bond acceptors (Lipinski definition) is 3. The van der Waals surface area contributed by atoms with Gasteiger partial charge in [-0.25, -0.2) is 0 Å². The standard InChI is InChI=1S/C10H16NO2/c1-7(2)9-5-4-8(3)10(6-9)11(12)13/h4-5,7,9-10,12H,3,6H2,1-2H3/q-1/t9-,10-/m1/s1. The minimum absolute atomic E-state index is 0.0151. The van der Waals surface area contributed by atoms with E-state index < -0.39 is 6.04 Å². The number of nitrogens with zero attached hydrogens (tertiary/aromatic N) is 1. The maximum absolute atomic E-state index is 10.8. The van der Waals surface area contributed by atoms with Crippen LogP contribution in [0.25, 0.3) is 0 Å². The van der Waals surface area contributed by atoms with Crippen molar-refractivity contribution in [2.45, 2.75) is 26.3 Å². The zero-order chi connectivity index (χ0) is 10.0. The van der Waals surface area contributed by atoms with Crippen molar-refractivity contribution in [2.75, 3.05) is 0 Å². The Labute approximate surface area is 78.9 Å². The lowest BCUT2D eigenvalue weighted by molar-refractivity contribution is -0.0730. The van der Waals surface area contributed by atoms with Gasteiger partial charge in [0, 0.05) is 6.04 Å². The molecule has 0 aromatic carbocycles. The number of rotatable bonds is 2. The molecule has 0 saturated carbocycles. The number of hydrogen-bond donors (Lipinski definition) is 1. The van der Waals surface area contributed by atoms with Gasteiger partial charge in [-0.05, 0) is 23.8 Å². The maximum Gasteiger partial charge on any atom is 0.0466 e. The molecule has 0 amide bonds. The van der Waals surface area contributed by atoms with Gasteiger partial charge in [-0.3, -0.25) is 5.23 Å². The molecule has 0 aromatic heterocycles. The first-order valence-electron chi connectivity index (χ1n) is 4.54. The van der Waals surface area contributed by atoms with Crippen molar-refractivity contribution in [3.8, 4) is 0 Å². The van der Waals surface area contributed by atoms with Gasteiger partial charge in [-0.2, -0.15) is 0 Å². The van der Waals surface area contributed by atoms with Crippen molar-refractivity contribution in [1.29, 1.82) is 0 Å². The number of allylic oxidation sites excluding steroid dienone is 1. The van der Waals surface area contributed by atoms with Crippen LogP contribution in [0.4, 0.5) is 0 Å². The lowest BCUT2D eigenvalue weighted by atomic mass is 9.82. The fourth-order valence-electron chi connectivity index (χ4n) is 1.57. The van der Waals surface area contributed by atoms with E-state index in [4.69, 9.17) is 5.21 Å². The average Bonchev–Trinajstić information content (AvgIpc) is 2.04. The van der Waals surface area contributed by atoms with E-state index in [1.54, 1.807) is 0 Å². The highest BCUT2D eigenvalue weighted by atomic mass is 16.8. The first-order chi connectivity index (χ1) is 6.02.